The Morgan fingerprint density at radius 2 is 2.00 bits per heavy atom. The van der Waals surface area contributed by atoms with Gasteiger partial charge in [-0.25, -0.2) is 19.3 Å². The van der Waals surface area contributed by atoms with Crippen molar-refractivity contribution < 1.29 is 18.4 Å². The monoisotopic (exact) mass is 619 g/mol. The third kappa shape index (κ3) is 6.79. The highest BCUT2D eigenvalue weighted by atomic mass is 32.2. The molecule has 0 saturated carbocycles. The minimum Gasteiger partial charge on any atom is -0.453 e. The van der Waals surface area contributed by atoms with Crippen molar-refractivity contribution in [2.75, 3.05) is 39.0 Å². The van der Waals surface area contributed by atoms with Gasteiger partial charge in [-0.3, -0.25) is 4.79 Å². The van der Waals surface area contributed by atoms with Crippen LogP contribution in [-0.2, 0) is 4.79 Å². The number of likely N-dealkylation sites (tertiary alicyclic amines) is 1. The first-order valence-corrected chi connectivity index (χ1v) is 15.5. The van der Waals surface area contributed by atoms with Gasteiger partial charge in [-0.15, -0.1) is 11.3 Å². The second-order valence-electron chi connectivity index (χ2n) is 10.5. The zero-order valence-electron chi connectivity index (χ0n) is 23.9. The Morgan fingerprint density at radius 3 is 2.77 bits per heavy atom. The van der Waals surface area contributed by atoms with Crippen molar-refractivity contribution in [1.82, 2.24) is 29.9 Å². The molecule has 5 aromatic rings. The standard InChI is InChI=1S/C30H30FN7O3S2/c1-18-27-25(8-11-32-29(27)41-36-18)43-22-14-24(40-21-6-4-20(31)5-7-21)28(33-15-22)35-30-34-23(17-42-30)19-9-12-38(13-10-19)26(39)16-37(2)3/h4-8,11,14-15,17,19H,9-10,12-13,16H2,1-3H3,(H,33,34,35). The molecule has 1 aliphatic rings. The normalized spacial score (nSPS) is 14.0. The van der Waals surface area contributed by atoms with Gasteiger partial charge in [0.15, 0.2) is 16.7 Å². The molecular weight excluding hydrogens is 590 g/mol. The molecule has 4 aromatic heterocycles. The number of anilines is 2. The van der Waals surface area contributed by atoms with Crippen molar-refractivity contribution in [2.24, 2.45) is 0 Å². The molecule has 1 N–H and O–H groups in total. The summed E-state index contributed by atoms with van der Waals surface area (Å²) in [5.41, 5.74) is 2.23. The fraction of sp³-hybridized carbons (Fsp3) is 0.300. The van der Waals surface area contributed by atoms with Gasteiger partial charge in [-0.2, -0.15) is 0 Å². The van der Waals surface area contributed by atoms with E-state index < -0.39 is 0 Å². The Balaban J connectivity index is 1.21. The lowest BCUT2D eigenvalue weighted by Gasteiger charge is -2.32. The van der Waals surface area contributed by atoms with Crippen molar-refractivity contribution in [3.8, 4) is 11.5 Å². The number of thiazole rings is 1. The number of halogens is 1. The van der Waals surface area contributed by atoms with Crippen LogP contribution in [0.25, 0.3) is 11.1 Å². The number of amides is 1. The van der Waals surface area contributed by atoms with E-state index in [0.29, 0.717) is 34.7 Å². The summed E-state index contributed by atoms with van der Waals surface area (Å²) in [4.78, 5) is 31.8. The summed E-state index contributed by atoms with van der Waals surface area (Å²) in [6.07, 6.45) is 5.19. The average Bonchev–Trinajstić information content (AvgIpc) is 3.62. The van der Waals surface area contributed by atoms with Gasteiger partial charge in [-0.05, 0) is 64.2 Å². The van der Waals surface area contributed by atoms with E-state index in [-0.39, 0.29) is 17.6 Å². The number of aryl methyl sites for hydroxylation is 1. The summed E-state index contributed by atoms with van der Waals surface area (Å²) in [6.45, 7) is 3.76. The van der Waals surface area contributed by atoms with Crippen LogP contribution in [0.2, 0.25) is 0 Å². The quantitative estimate of drug-likeness (QED) is 0.197. The number of hydrogen-bond acceptors (Lipinski definition) is 11. The van der Waals surface area contributed by atoms with E-state index in [2.05, 4.69) is 25.8 Å². The molecule has 1 fully saturated rings. The van der Waals surface area contributed by atoms with Crippen LogP contribution in [0.15, 0.2) is 68.5 Å². The van der Waals surface area contributed by atoms with Crippen LogP contribution in [-0.4, -0.2) is 69.5 Å². The molecule has 5 heterocycles. The predicted octanol–water partition coefficient (Wildman–Crippen LogP) is 6.48. The van der Waals surface area contributed by atoms with Gasteiger partial charge in [0.2, 0.25) is 5.91 Å². The average molecular weight is 620 g/mol. The second-order valence-corrected chi connectivity index (χ2v) is 12.5. The highest BCUT2D eigenvalue weighted by Crippen LogP contribution is 2.39. The Kier molecular flexibility index (Phi) is 8.54. The second kappa shape index (κ2) is 12.7. The Labute approximate surface area is 256 Å². The first-order valence-electron chi connectivity index (χ1n) is 13.8. The molecule has 0 bridgehead atoms. The summed E-state index contributed by atoms with van der Waals surface area (Å²) >= 11 is 2.99. The molecule has 0 aliphatic carbocycles. The molecule has 0 unspecified atom stereocenters. The Morgan fingerprint density at radius 1 is 1.21 bits per heavy atom. The van der Waals surface area contributed by atoms with E-state index in [1.807, 2.05) is 43.0 Å². The summed E-state index contributed by atoms with van der Waals surface area (Å²) in [6, 6.07) is 9.63. The molecule has 0 atom stereocenters. The molecule has 13 heteroatoms. The number of carbonyl (C=O) groups is 1. The lowest BCUT2D eigenvalue weighted by molar-refractivity contribution is -0.132. The predicted molar refractivity (Wildman–Crippen MR) is 164 cm³/mol. The van der Waals surface area contributed by atoms with Crippen molar-refractivity contribution in [3.05, 3.63) is 71.4 Å². The number of piperidine rings is 1. The van der Waals surface area contributed by atoms with E-state index >= 15 is 0 Å². The third-order valence-corrected chi connectivity index (χ3v) is 8.87. The van der Waals surface area contributed by atoms with Crippen LogP contribution in [0.4, 0.5) is 15.3 Å². The van der Waals surface area contributed by atoms with E-state index in [1.165, 1.54) is 35.2 Å². The fourth-order valence-corrected chi connectivity index (χ4v) is 6.69. The van der Waals surface area contributed by atoms with Crippen LogP contribution in [0.3, 0.4) is 0 Å². The number of nitrogens with one attached hydrogen (secondary N) is 1. The number of aromatic nitrogens is 4. The minimum absolute atomic E-state index is 0.162. The van der Waals surface area contributed by atoms with Gasteiger partial charge < -0.3 is 24.4 Å². The molecule has 43 heavy (non-hydrogen) atoms. The summed E-state index contributed by atoms with van der Waals surface area (Å²) in [7, 11) is 3.81. The van der Waals surface area contributed by atoms with Gasteiger partial charge in [0.1, 0.15) is 11.6 Å². The SMILES string of the molecule is Cc1noc2nccc(Sc3cnc(Nc4nc(C5CCN(C(=O)CN(C)C)CC5)cs4)c(Oc4ccc(F)cc4)c3)c12. The maximum absolute atomic E-state index is 13.6. The number of fused-ring (bicyclic) bond motifs is 1. The van der Waals surface area contributed by atoms with E-state index in [9.17, 15) is 9.18 Å². The van der Waals surface area contributed by atoms with E-state index in [1.54, 1.807) is 24.5 Å². The highest BCUT2D eigenvalue weighted by molar-refractivity contribution is 7.99. The number of nitrogens with zero attached hydrogens (tertiary/aromatic N) is 6. The lowest BCUT2D eigenvalue weighted by Crippen LogP contribution is -2.42. The molecule has 222 valence electrons. The first-order chi connectivity index (χ1) is 20.8. The Bertz CT molecular complexity index is 1730. The molecular formula is C30H30FN7O3S2. The van der Waals surface area contributed by atoms with Gasteiger partial charge in [0.25, 0.3) is 5.71 Å². The summed E-state index contributed by atoms with van der Waals surface area (Å²) in [5, 5.41) is 11.0. The van der Waals surface area contributed by atoms with Gasteiger partial charge in [-0.1, -0.05) is 16.9 Å². The van der Waals surface area contributed by atoms with Crippen molar-refractivity contribution >= 4 is 51.1 Å². The number of hydrogen-bond donors (Lipinski definition) is 1. The highest BCUT2D eigenvalue weighted by Gasteiger charge is 2.26. The number of ether oxygens (including phenoxy) is 1. The smallest absolute Gasteiger partial charge is 0.259 e. The number of carbonyl (C=O) groups excluding carboxylic acids is 1. The molecule has 1 aromatic carbocycles. The number of pyridine rings is 2. The minimum atomic E-state index is -0.345. The third-order valence-electron chi connectivity index (χ3n) is 7.07. The molecule has 0 spiro atoms. The van der Waals surface area contributed by atoms with Crippen LogP contribution in [0.1, 0.15) is 30.1 Å². The maximum atomic E-state index is 13.6. The van der Waals surface area contributed by atoms with Crippen molar-refractivity contribution in [2.45, 2.75) is 35.5 Å². The Hall–Kier alpha value is -4.07. The van der Waals surface area contributed by atoms with Crippen LogP contribution < -0.4 is 10.1 Å². The van der Waals surface area contributed by atoms with Gasteiger partial charge in [0, 0.05) is 52.6 Å². The number of rotatable bonds is 9. The maximum Gasteiger partial charge on any atom is 0.259 e. The topological polar surface area (TPSA) is 110 Å². The number of likely N-dealkylation sites (N-methyl/N-ethyl adjacent to an activating group) is 1. The van der Waals surface area contributed by atoms with E-state index in [0.717, 1.165) is 52.5 Å². The van der Waals surface area contributed by atoms with Crippen molar-refractivity contribution in [3.63, 3.8) is 0 Å². The summed E-state index contributed by atoms with van der Waals surface area (Å²) < 4.78 is 25.1. The molecule has 1 amide bonds. The molecule has 6 rings (SSSR count). The van der Waals surface area contributed by atoms with Crippen LogP contribution >= 0.6 is 23.1 Å². The molecule has 10 nitrogen and oxygen atoms in total. The first kappa shape index (κ1) is 29.0. The zero-order valence-corrected chi connectivity index (χ0v) is 25.5. The lowest BCUT2D eigenvalue weighted by atomic mass is 9.94. The van der Waals surface area contributed by atoms with E-state index in [4.69, 9.17) is 14.2 Å². The molecule has 0 radical (unpaired) electrons. The van der Waals surface area contributed by atoms with Gasteiger partial charge >= 0.3 is 0 Å². The molecule has 1 aliphatic heterocycles. The van der Waals surface area contributed by atoms with Gasteiger partial charge in [0.05, 0.1) is 23.3 Å². The zero-order chi connectivity index (χ0) is 29.9. The largest absolute Gasteiger partial charge is 0.453 e. The fourth-order valence-electron chi connectivity index (χ4n) is 4.91. The van der Waals surface area contributed by atoms with Crippen molar-refractivity contribution in [1.29, 1.82) is 0 Å². The summed E-state index contributed by atoms with van der Waals surface area (Å²) in [5.74, 6) is 1.53. The molecule has 1 saturated heterocycles. The number of benzene rings is 1. The van der Waals surface area contributed by atoms with Crippen LogP contribution in [0.5, 0.6) is 11.5 Å². The van der Waals surface area contributed by atoms with Crippen LogP contribution in [0, 0.1) is 12.7 Å².